The molecule has 6 heteroatoms. The number of hydrogen-bond acceptors (Lipinski definition) is 6. The highest BCUT2D eigenvalue weighted by atomic mass is 16.5. The van der Waals surface area contributed by atoms with E-state index in [2.05, 4.69) is 22.1 Å². The third-order valence-electron chi connectivity index (χ3n) is 4.80. The van der Waals surface area contributed by atoms with Crippen LogP contribution in [0.25, 0.3) is 11.1 Å². The molecule has 0 bridgehead atoms. The Morgan fingerprint density at radius 2 is 2.08 bits per heavy atom. The molecule has 0 saturated carbocycles. The Bertz CT molecular complexity index is 869. The van der Waals surface area contributed by atoms with Crippen molar-refractivity contribution in [2.24, 2.45) is 0 Å². The van der Waals surface area contributed by atoms with Crippen LogP contribution in [0.5, 0.6) is 0 Å². The molecule has 1 aromatic carbocycles. The molecule has 0 aliphatic carbocycles. The van der Waals surface area contributed by atoms with E-state index in [-0.39, 0.29) is 12.1 Å². The van der Waals surface area contributed by atoms with Crippen molar-refractivity contribution in [2.75, 3.05) is 31.1 Å². The molecule has 0 N–H and O–H groups in total. The number of aromatic nitrogens is 1. The Balaban J connectivity index is 1.74. The first-order valence-corrected chi connectivity index (χ1v) is 8.28. The molecule has 0 radical (unpaired) electrons. The molecular weight excluding hydrogens is 314 g/mol. The Kier molecular flexibility index (Phi) is 3.97. The van der Waals surface area contributed by atoms with Crippen LogP contribution >= 0.6 is 0 Å². The maximum Gasteiger partial charge on any atom is 0.179 e. The van der Waals surface area contributed by atoms with Gasteiger partial charge in [0.25, 0.3) is 0 Å². The first-order valence-electron chi connectivity index (χ1n) is 8.28. The number of benzene rings is 1. The van der Waals surface area contributed by atoms with Crippen molar-refractivity contribution in [2.45, 2.75) is 12.1 Å². The molecule has 2 aromatic rings. The van der Waals surface area contributed by atoms with E-state index in [1.165, 1.54) is 0 Å². The Hall–Kier alpha value is -3.09. The number of anilines is 1. The van der Waals surface area contributed by atoms with Crippen molar-refractivity contribution in [1.29, 1.82) is 10.5 Å². The molecule has 0 unspecified atom stereocenters. The van der Waals surface area contributed by atoms with Crippen LogP contribution in [0.15, 0.2) is 42.6 Å². The third-order valence-corrected chi connectivity index (χ3v) is 4.80. The van der Waals surface area contributed by atoms with Crippen LogP contribution in [-0.2, 0) is 4.74 Å². The average Bonchev–Trinajstić information content (AvgIpc) is 3.11. The fourth-order valence-electron chi connectivity index (χ4n) is 3.64. The summed E-state index contributed by atoms with van der Waals surface area (Å²) in [6.07, 6.45) is 4.03. The van der Waals surface area contributed by atoms with Gasteiger partial charge in [-0.2, -0.15) is 10.5 Å². The first-order chi connectivity index (χ1) is 12.3. The molecule has 4 rings (SSSR count). The van der Waals surface area contributed by atoms with Gasteiger partial charge in [-0.1, -0.05) is 12.1 Å². The third kappa shape index (κ3) is 2.77. The second kappa shape index (κ2) is 6.43. The second-order valence-electron chi connectivity index (χ2n) is 6.24. The zero-order valence-corrected chi connectivity index (χ0v) is 13.7. The fraction of sp³-hybridized carbons (Fsp3) is 0.316. The minimum atomic E-state index is 0.0219. The van der Waals surface area contributed by atoms with Crippen molar-refractivity contribution in [3.05, 3.63) is 48.2 Å². The number of nitrogens with zero attached hydrogens (tertiary/aromatic N) is 5. The van der Waals surface area contributed by atoms with E-state index < -0.39 is 0 Å². The summed E-state index contributed by atoms with van der Waals surface area (Å²) in [5.41, 5.74) is 2.60. The summed E-state index contributed by atoms with van der Waals surface area (Å²) >= 11 is 0. The van der Waals surface area contributed by atoms with Gasteiger partial charge in [-0.25, -0.2) is 4.98 Å². The zero-order valence-electron chi connectivity index (χ0n) is 13.7. The molecular formula is C19H17N5O. The number of hydrogen-bond donors (Lipinski definition) is 0. The van der Waals surface area contributed by atoms with E-state index in [1.54, 1.807) is 17.2 Å². The molecule has 0 amide bonds. The number of pyridine rings is 1. The summed E-state index contributed by atoms with van der Waals surface area (Å²) in [7, 11) is 0. The topological polar surface area (TPSA) is 76.2 Å². The van der Waals surface area contributed by atoms with Gasteiger partial charge in [0.05, 0.1) is 43.5 Å². The number of likely N-dealkylation sites (tertiary alicyclic amines) is 1. The molecule has 2 aliphatic rings. The van der Waals surface area contributed by atoms with Gasteiger partial charge < -0.3 is 14.5 Å². The lowest BCUT2D eigenvalue weighted by atomic mass is 10.0. The van der Waals surface area contributed by atoms with Gasteiger partial charge in [0.2, 0.25) is 0 Å². The van der Waals surface area contributed by atoms with Gasteiger partial charge in [0, 0.05) is 18.3 Å². The predicted octanol–water partition coefficient (Wildman–Crippen LogP) is 1.99. The standard InChI is InChI=1S/C19H17N5O/c20-10-14-3-1-4-15(9-14)16-5-2-6-22-19(16)24-7-8-25-18-12-23(13-21)11-17(18)24/h1-6,9,17-18H,7-8,11-12H2/t17-,18+/m1/s1. The number of morpholine rings is 1. The Morgan fingerprint density at radius 1 is 1.16 bits per heavy atom. The van der Waals surface area contributed by atoms with Crippen LogP contribution in [0.1, 0.15) is 5.56 Å². The van der Waals surface area contributed by atoms with Crippen molar-refractivity contribution in [1.82, 2.24) is 9.88 Å². The highest BCUT2D eigenvalue weighted by Gasteiger charge is 2.41. The lowest BCUT2D eigenvalue weighted by Gasteiger charge is -2.38. The predicted molar refractivity (Wildman–Crippen MR) is 92.4 cm³/mol. The summed E-state index contributed by atoms with van der Waals surface area (Å²) in [5.74, 6) is 0.885. The van der Waals surface area contributed by atoms with Crippen molar-refractivity contribution in [3.63, 3.8) is 0 Å². The van der Waals surface area contributed by atoms with Gasteiger partial charge in [-0.15, -0.1) is 0 Å². The largest absolute Gasteiger partial charge is 0.372 e. The van der Waals surface area contributed by atoms with Gasteiger partial charge in [0.1, 0.15) is 5.82 Å². The SMILES string of the molecule is N#Cc1cccc(-c2cccnc2N2CCO[C@H]3CN(C#N)C[C@H]32)c1. The highest BCUT2D eigenvalue weighted by Crippen LogP contribution is 2.34. The number of fused-ring (bicyclic) bond motifs is 1. The van der Waals surface area contributed by atoms with E-state index in [1.807, 2.05) is 30.3 Å². The quantitative estimate of drug-likeness (QED) is 0.783. The van der Waals surface area contributed by atoms with Gasteiger partial charge in [-0.3, -0.25) is 0 Å². The van der Waals surface area contributed by atoms with Crippen LogP contribution < -0.4 is 4.90 Å². The van der Waals surface area contributed by atoms with Crippen LogP contribution in [-0.4, -0.2) is 48.3 Å². The van der Waals surface area contributed by atoms with Gasteiger partial charge in [0.15, 0.2) is 6.19 Å². The van der Waals surface area contributed by atoms with Crippen molar-refractivity contribution >= 4 is 5.82 Å². The van der Waals surface area contributed by atoms with E-state index in [9.17, 15) is 10.5 Å². The zero-order chi connectivity index (χ0) is 17.2. The first kappa shape index (κ1) is 15.4. The molecule has 124 valence electrons. The summed E-state index contributed by atoms with van der Waals surface area (Å²) in [6, 6.07) is 13.8. The van der Waals surface area contributed by atoms with E-state index in [4.69, 9.17) is 4.74 Å². The molecule has 3 heterocycles. The number of ether oxygens (including phenoxy) is 1. The minimum absolute atomic E-state index is 0.0219. The summed E-state index contributed by atoms with van der Waals surface area (Å²) in [6.45, 7) is 2.64. The van der Waals surface area contributed by atoms with E-state index in [0.717, 1.165) is 23.5 Å². The monoisotopic (exact) mass is 331 g/mol. The lowest BCUT2D eigenvalue weighted by Crippen LogP contribution is -2.51. The Morgan fingerprint density at radius 3 is 2.92 bits per heavy atom. The Labute approximate surface area is 146 Å². The minimum Gasteiger partial charge on any atom is -0.372 e. The van der Waals surface area contributed by atoms with Crippen molar-refractivity contribution < 1.29 is 4.74 Å². The normalized spacial score (nSPS) is 22.2. The summed E-state index contributed by atoms with van der Waals surface area (Å²) in [4.78, 5) is 8.62. The maximum atomic E-state index is 9.22. The molecule has 0 spiro atoms. The second-order valence-corrected chi connectivity index (χ2v) is 6.24. The smallest absolute Gasteiger partial charge is 0.179 e. The van der Waals surface area contributed by atoms with E-state index >= 15 is 0 Å². The van der Waals surface area contributed by atoms with Crippen LogP contribution in [0.2, 0.25) is 0 Å². The van der Waals surface area contributed by atoms with E-state index in [0.29, 0.717) is 25.3 Å². The molecule has 6 nitrogen and oxygen atoms in total. The number of nitriles is 2. The molecule has 2 atom stereocenters. The molecule has 2 aliphatic heterocycles. The van der Waals surface area contributed by atoms with Crippen LogP contribution in [0.4, 0.5) is 5.82 Å². The lowest BCUT2D eigenvalue weighted by molar-refractivity contribution is 0.0323. The highest BCUT2D eigenvalue weighted by molar-refractivity contribution is 5.77. The molecule has 1 aromatic heterocycles. The molecule has 2 saturated heterocycles. The van der Waals surface area contributed by atoms with Gasteiger partial charge in [-0.05, 0) is 29.8 Å². The van der Waals surface area contributed by atoms with Crippen LogP contribution in [0, 0.1) is 22.8 Å². The summed E-state index contributed by atoms with van der Waals surface area (Å²) < 4.78 is 5.86. The van der Waals surface area contributed by atoms with Gasteiger partial charge >= 0.3 is 0 Å². The maximum absolute atomic E-state index is 9.22. The molecule has 25 heavy (non-hydrogen) atoms. The van der Waals surface area contributed by atoms with Crippen LogP contribution in [0.3, 0.4) is 0 Å². The molecule has 2 fully saturated rings. The average molecular weight is 331 g/mol. The summed E-state index contributed by atoms with van der Waals surface area (Å²) in [5, 5.41) is 18.4. The number of rotatable bonds is 2. The van der Waals surface area contributed by atoms with Crippen molar-refractivity contribution in [3.8, 4) is 23.4 Å². The fourth-order valence-corrected chi connectivity index (χ4v) is 3.64.